The van der Waals surface area contributed by atoms with Crippen LogP contribution in [0.2, 0.25) is 0 Å². The topological polar surface area (TPSA) is 46.3 Å². The largest absolute Gasteiger partial charge is 0.369 e. The molecule has 0 bridgehead atoms. The van der Waals surface area contributed by atoms with Gasteiger partial charge in [0.25, 0.3) is 0 Å². The number of primary amides is 1. The monoisotopic (exact) mass is 230 g/mol. The number of carbonyl (C=O) groups excluding carboxylic acids is 1. The molecule has 1 aliphatic rings. The van der Waals surface area contributed by atoms with Gasteiger partial charge in [-0.2, -0.15) is 0 Å². The number of hydrogen-bond donors (Lipinski definition) is 1. The molecule has 0 radical (unpaired) electrons. The lowest BCUT2D eigenvalue weighted by molar-refractivity contribution is -0.113. The van der Waals surface area contributed by atoms with E-state index in [2.05, 4.69) is 30.9 Å². The average molecular weight is 230 g/mol. The number of fused-ring (bicyclic) bond motifs is 1. The molecule has 1 aromatic carbocycles. The predicted octanol–water partition coefficient (Wildman–Crippen LogP) is 1.96. The lowest BCUT2D eigenvalue weighted by Crippen LogP contribution is -2.28. The molecule has 17 heavy (non-hydrogen) atoms. The smallest absolute Gasteiger partial charge is 0.241 e. The highest BCUT2D eigenvalue weighted by atomic mass is 16.1. The molecule has 0 saturated heterocycles. The number of carbonyl (C=O) groups is 1. The van der Waals surface area contributed by atoms with E-state index in [0.29, 0.717) is 6.04 Å². The van der Waals surface area contributed by atoms with Crippen LogP contribution in [0.1, 0.15) is 25.0 Å². The maximum Gasteiger partial charge on any atom is 0.241 e. The molecule has 3 heteroatoms. The van der Waals surface area contributed by atoms with Gasteiger partial charge in [-0.1, -0.05) is 6.07 Å². The molecule has 0 atom stereocenters. The first-order valence-corrected chi connectivity index (χ1v) is 5.95. The first-order valence-electron chi connectivity index (χ1n) is 5.95. The van der Waals surface area contributed by atoms with Crippen molar-refractivity contribution in [3.8, 4) is 0 Å². The number of nitrogens with zero attached hydrogens (tertiary/aromatic N) is 1. The van der Waals surface area contributed by atoms with E-state index in [1.165, 1.54) is 17.3 Å². The zero-order valence-electron chi connectivity index (χ0n) is 10.3. The zero-order valence-corrected chi connectivity index (χ0v) is 10.3. The third-order valence-electron chi connectivity index (χ3n) is 3.10. The molecular formula is C14H18N2O. The summed E-state index contributed by atoms with van der Waals surface area (Å²) >= 11 is 0. The van der Waals surface area contributed by atoms with Crippen LogP contribution in [0.4, 0.5) is 5.69 Å². The number of benzene rings is 1. The standard InChI is InChI=1S/C14H18N2O/c1-10(2)16-8-7-12-9-11(3-5-13(12)16)4-6-14(15)17/h3-6,9-10H,7-8H2,1-2H3,(H2,15,17)/b6-4-. The van der Waals surface area contributed by atoms with Crippen LogP contribution >= 0.6 is 0 Å². The highest BCUT2D eigenvalue weighted by Crippen LogP contribution is 2.30. The van der Waals surface area contributed by atoms with E-state index in [1.807, 2.05) is 6.07 Å². The molecule has 2 rings (SSSR count). The summed E-state index contributed by atoms with van der Waals surface area (Å²) in [5.41, 5.74) is 8.78. The molecular weight excluding hydrogens is 212 g/mol. The summed E-state index contributed by atoms with van der Waals surface area (Å²) in [6.07, 6.45) is 4.24. The number of amides is 1. The maximum absolute atomic E-state index is 10.7. The van der Waals surface area contributed by atoms with Crippen LogP contribution in [0, 0.1) is 0 Å². The fraction of sp³-hybridized carbons (Fsp3) is 0.357. The summed E-state index contributed by atoms with van der Waals surface area (Å²) in [5, 5.41) is 0. The van der Waals surface area contributed by atoms with Crippen LogP contribution in [0.25, 0.3) is 6.08 Å². The van der Waals surface area contributed by atoms with E-state index >= 15 is 0 Å². The summed E-state index contributed by atoms with van der Waals surface area (Å²) < 4.78 is 0. The van der Waals surface area contributed by atoms with Gasteiger partial charge in [0.2, 0.25) is 5.91 Å². The number of nitrogens with two attached hydrogens (primary N) is 1. The van der Waals surface area contributed by atoms with Crippen molar-refractivity contribution in [3.05, 3.63) is 35.4 Å². The number of hydrogen-bond acceptors (Lipinski definition) is 2. The van der Waals surface area contributed by atoms with Crippen LogP contribution in [-0.2, 0) is 11.2 Å². The molecule has 0 aliphatic carbocycles. The van der Waals surface area contributed by atoms with Crippen molar-refractivity contribution in [2.45, 2.75) is 26.3 Å². The van der Waals surface area contributed by atoms with Gasteiger partial charge in [-0.05, 0) is 49.6 Å². The minimum absolute atomic E-state index is 0.408. The number of rotatable bonds is 3. The van der Waals surface area contributed by atoms with E-state index < -0.39 is 5.91 Å². The molecule has 90 valence electrons. The highest BCUT2D eigenvalue weighted by Gasteiger charge is 2.20. The van der Waals surface area contributed by atoms with Crippen LogP contribution in [-0.4, -0.2) is 18.5 Å². The summed E-state index contributed by atoms with van der Waals surface area (Å²) in [7, 11) is 0. The normalized spacial score (nSPS) is 14.6. The van der Waals surface area contributed by atoms with Crippen molar-refractivity contribution in [1.29, 1.82) is 0 Å². The Morgan fingerprint density at radius 3 is 2.88 bits per heavy atom. The molecule has 0 saturated carbocycles. The van der Waals surface area contributed by atoms with Gasteiger partial charge in [0, 0.05) is 24.4 Å². The number of anilines is 1. The van der Waals surface area contributed by atoms with Crippen molar-refractivity contribution in [2.24, 2.45) is 5.73 Å². The molecule has 2 N–H and O–H groups in total. The van der Waals surface area contributed by atoms with Gasteiger partial charge in [-0.15, -0.1) is 0 Å². The summed E-state index contributed by atoms with van der Waals surface area (Å²) in [6, 6.07) is 6.82. The Hall–Kier alpha value is -1.77. The van der Waals surface area contributed by atoms with Gasteiger partial charge in [-0.3, -0.25) is 4.79 Å². The van der Waals surface area contributed by atoms with Gasteiger partial charge < -0.3 is 10.6 Å². The second kappa shape index (κ2) is 4.62. The minimum Gasteiger partial charge on any atom is -0.369 e. The Labute approximate surface area is 102 Å². The van der Waals surface area contributed by atoms with E-state index in [9.17, 15) is 4.79 Å². The van der Waals surface area contributed by atoms with Gasteiger partial charge in [-0.25, -0.2) is 0 Å². The van der Waals surface area contributed by atoms with Crippen molar-refractivity contribution in [2.75, 3.05) is 11.4 Å². The third kappa shape index (κ3) is 2.49. The van der Waals surface area contributed by atoms with E-state index in [-0.39, 0.29) is 0 Å². The Morgan fingerprint density at radius 2 is 2.24 bits per heavy atom. The lowest BCUT2D eigenvalue weighted by Gasteiger charge is -2.23. The van der Waals surface area contributed by atoms with Crippen molar-refractivity contribution in [3.63, 3.8) is 0 Å². The zero-order chi connectivity index (χ0) is 12.4. The van der Waals surface area contributed by atoms with Crippen LogP contribution < -0.4 is 10.6 Å². The molecule has 0 fully saturated rings. The SMILES string of the molecule is CC(C)N1CCc2cc(/C=C\C(N)=O)ccc21. The van der Waals surface area contributed by atoms with Gasteiger partial charge in [0.15, 0.2) is 0 Å². The Bertz CT molecular complexity index is 463. The van der Waals surface area contributed by atoms with Crippen molar-refractivity contribution >= 4 is 17.7 Å². The molecule has 1 heterocycles. The molecule has 0 spiro atoms. The first kappa shape index (κ1) is 11.7. The van der Waals surface area contributed by atoms with Crippen LogP contribution in [0.15, 0.2) is 24.3 Å². The van der Waals surface area contributed by atoms with E-state index in [0.717, 1.165) is 18.5 Å². The second-order valence-corrected chi connectivity index (χ2v) is 4.66. The van der Waals surface area contributed by atoms with Gasteiger partial charge in [0.1, 0.15) is 0 Å². The van der Waals surface area contributed by atoms with E-state index in [4.69, 9.17) is 5.73 Å². The van der Waals surface area contributed by atoms with Crippen molar-refractivity contribution < 1.29 is 4.79 Å². The fourth-order valence-electron chi connectivity index (χ4n) is 2.27. The minimum atomic E-state index is -0.408. The average Bonchev–Trinajstić information content (AvgIpc) is 2.69. The lowest BCUT2D eigenvalue weighted by atomic mass is 10.1. The third-order valence-corrected chi connectivity index (χ3v) is 3.10. The van der Waals surface area contributed by atoms with Gasteiger partial charge >= 0.3 is 0 Å². The maximum atomic E-state index is 10.7. The Balaban J connectivity index is 2.25. The summed E-state index contributed by atoms with van der Waals surface area (Å²) in [6.45, 7) is 5.49. The molecule has 3 nitrogen and oxygen atoms in total. The summed E-state index contributed by atoms with van der Waals surface area (Å²) in [4.78, 5) is 13.1. The fourth-order valence-corrected chi connectivity index (χ4v) is 2.27. The van der Waals surface area contributed by atoms with Crippen LogP contribution in [0.3, 0.4) is 0 Å². The van der Waals surface area contributed by atoms with Gasteiger partial charge in [0.05, 0.1) is 0 Å². The second-order valence-electron chi connectivity index (χ2n) is 4.66. The summed E-state index contributed by atoms with van der Waals surface area (Å²) in [5.74, 6) is -0.408. The highest BCUT2D eigenvalue weighted by molar-refractivity contribution is 5.90. The molecule has 1 amide bonds. The molecule has 0 unspecified atom stereocenters. The van der Waals surface area contributed by atoms with Crippen LogP contribution in [0.5, 0.6) is 0 Å². The predicted molar refractivity (Wildman–Crippen MR) is 70.9 cm³/mol. The Morgan fingerprint density at radius 1 is 1.47 bits per heavy atom. The quantitative estimate of drug-likeness (QED) is 0.807. The molecule has 1 aromatic rings. The van der Waals surface area contributed by atoms with Crippen molar-refractivity contribution in [1.82, 2.24) is 0 Å². The molecule has 1 aliphatic heterocycles. The Kier molecular flexibility index (Phi) is 3.18. The first-order chi connectivity index (χ1) is 8.08. The van der Waals surface area contributed by atoms with E-state index in [1.54, 1.807) is 6.08 Å². The molecule has 0 aromatic heterocycles.